The molecule has 0 bridgehead atoms. The number of carbonyl (C=O) groups is 1. The molecular weight excluding hydrogens is 376 g/mol. The Morgan fingerprint density at radius 1 is 1.24 bits per heavy atom. The van der Waals surface area contributed by atoms with E-state index in [2.05, 4.69) is 24.3 Å². The average molecular weight is 396 g/mol. The molecule has 1 aromatic heterocycles. The number of amides is 1. The largest absolute Gasteiger partial charge is 0.506 e. The van der Waals surface area contributed by atoms with Crippen LogP contribution in [0.3, 0.4) is 0 Å². The van der Waals surface area contributed by atoms with E-state index in [1.807, 2.05) is 24.3 Å². The third-order valence-corrected chi connectivity index (χ3v) is 4.22. The lowest BCUT2D eigenvalue weighted by Crippen LogP contribution is -2.14. The van der Waals surface area contributed by atoms with E-state index in [0.717, 1.165) is 18.2 Å². The minimum absolute atomic E-state index is 0.0692. The molecule has 9 nitrogen and oxygen atoms in total. The maximum Gasteiger partial charge on any atom is 0.276 e. The highest BCUT2D eigenvalue weighted by Crippen LogP contribution is 2.28. The maximum absolute atomic E-state index is 12.3. The van der Waals surface area contributed by atoms with Crippen molar-refractivity contribution in [2.75, 3.05) is 5.32 Å². The highest BCUT2D eigenvalue weighted by Gasteiger charge is 2.15. The molecule has 3 aromatic rings. The number of carbonyl (C=O) groups excluding carboxylic acids is 1. The number of nitro groups is 1. The molecule has 1 amide bonds. The van der Waals surface area contributed by atoms with Crippen LogP contribution in [0.15, 0.2) is 54.7 Å². The molecule has 1 heterocycles. The SMILES string of the molecule is CC(C)c1ccc(OCn2ccc(C(=O)Nc3cc([N+](=O)[O-])ccc3O)n2)cc1. The number of non-ortho nitro benzene ring substituents is 1. The molecule has 2 aromatic carbocycles. The summed E-state index contributed by atoms with van der Waals surface area (Å²) in [7, 11) is 0. The van der Waals surface area contributed by atoms with E-state index >= 15 is 0 Å². The number of aromatic nitrogens is 2. The quantitative estimate of drug-likeness (QED) is 0.355. The summed E-state index contributed by atoms with van der Waals surface area (Å²) in [6, 6.07) is 12.6. The number of ether oxygens (including phenoxy) is 1. The number of nitrogens with zero attached hydrogens (tertiary/aromatic N) is 3. The van der Waals surface area contributed by atoms with Crippen LogP contribution in [0.5, 0.6) is 11.5 Å². The first-order chi connectivity index (χ1) is 13.8. The van der Waals surface area contributed by atoms with Crippen LogP contribution in [0.4, 0.5) is 11.4 Å². The van der Waals surface area contributed by atoms with Gasteiger partial charge < -0.3 is 15.2 Å². The van der Waals surface area contributed by atoms with Crippen LogP contribution in [0, 0.1) is 10.1 Å². The molecule has 0 saturated carbocycles. The Morgan fingerprint density at radius 2 is 1.97 bits per heavy atom. The zero-order valence-electron chi connectivity index (χ0n) is 15.9. The van der Waals surface area contributed by atoms with Crippen LogP contribution in [0.2, 0.25) is 0 Å². The fourth-order valence-corrected chi connectivity index (χ4v) is 2.57. The summed E-state index contributed by atoms with van der Waals surface area (Å²) in [6.45, 7) is 4.33. The lowest BCUT2D eigenvalue weighted by Gasteiger charge is -2.09. The van der Waals surface area contributed by atoms with Gasteiger partial charge in [-0.1, -0.05) is 26.0 Å². The molecule has 0 unspecified atom stereocenters. The number of aromatic hydroxyl groups is 1. The number of nitrogens with one attached hydrogen (secondary N) is 1. The standard InChI is InChI=1S/C20H20N4O5/c1-13(2)14-3-6-16(7-4-14)29-12-23-10-9-17(22-23)20(26)21-18-11-15(24(27)28)5-8-19(18)25/h3-11,13,25H,12H2,1-2H3,(H,21,26). The molecule has 0 aliphatic carbocycles. The van der Waals surface area contributed by atoms with Gasteiger partial charge in [-0.05, 0) is 35.7 Å². The first-order valence-corrected chi connectivity index (χ1v) is 8.88. The smallest absolute Gasteiger partial charge is 0.276 e. The zero-order chi connectivity index (χ0) is 21.0. The van der Waals surface area contributed by atoms with Gasteiger partial charge in [-0.2, -0.15) is 5.10 Å². The van der Waals surface area contributed by atoms with Crippen molar-refractivity contribution in [1.29, 1.82) is 0 Å². The third kappa shape index (κ3) is 4.89. The van der Waals surface area contributed by atoms with Gasteiger partial charge in [-0.15, -0.1) is 0 Å². The number of nitro benzene ring substituents is 1. The monoisotopic (exact) mass is 396 g/mol. The van der Waals surface area contributed by atoms with Gasteiger partial charge in [-0.3, -0.25) is 14.9 Å². The van der Waals surface area contributed by atoms with Crippen molar-refractivity contribution in [3.8, 4) is 11.5 Å². The van der Waals surface area contributed by atoms with Crippen LogP contribution in [0.1, 0.15) is 35.8 Å². The number of anilines is 1. The molecule has 9 heteroatoms. The predicted molar refractivity (Wildman–Crippen MR) is 106 cm³/mol. The molecule has 0 aliphatic heterocycles. The minimum atomic E-state index is -0.616. The highest BCUT2D eigenvalue weighted by molar-refractivity contribution is 6.03. The molecule has 0 spiro atoms. The lowest BCUT2D eigenvalue weighted by atomic mass is 10.0. The van der Waals surface area contributed by atoms with Crippen molar-refractivity contribution < 1.29 is 19.6 Å². The number of hydrogen-bond donors (Lipinski definition) is 2. The zero-order valence-corrected chi connectivity index (χ0v) is 15.9. The van der Waals surface area contributed by atoms with Gasteiger partial charge in [0, 0.05) is 18.3 Å². The molecule has 0 radical (unpaired) electrons. The molecule has 2 N–H and O–H groups in total. The second kappa shape index (κ2) is 8.42. The van der Waals surface area contributed by atoms with Gasteiger partial charge in [0.05, 0.1) is 10.6 Å². The van der Waals surface area contributed by atoms with E-state index in [-0.39, 0.29) is 29.5 Å². The van der Waals surface area contributed by atoms with Crippen molar-refractivity contribution in [3.63, 3.8) is 0 Å². The summed E-state index contributed by atoms with van der Waals surface area (Å²) in [5, 5.41) is 27.2. The number of phenols is 1. The molecule has 150 valence electrons. The number of phenolic OH excluding ortho intramolecular Hbond substituents is 1. The summed E-state index contributed by atoms with van der Waals surface area (Å²) in [5.74, 6) is 0.219. The third-order valence-electron chi connectivity index (χ3n) is 4.22. The molecule has 3 rings (SSSR count). The molecule has 0 atom stereocenters. The fraction of sp³-hybridized carbons (Fsp3) is 0.200. The first kappa shape index (κ1) is 19.9. The number of hydrogen-bond acceptors (Lipinski definition) is 6. The van der Waals surface area contributed by atoms with Gasteiger partial charge in [0.15, 0.2) is 12.4 Å². The summed E-state index contributed by atoms with van der Waals surface area (Å²) in [6.07, 6.45) is 1.57. The van der Waals surface area contributed by atoms with Crippen LogP contribution in [0.25, 0.3) is 0 Å². The Hall–Kier alpha value is -3.88. The van der Waals surface area contributed by atoms with E-state index < -0.39 is 10.8 Å². The summed E-state index contributed by atoms with van der Waals surface area (Å²) in [5.41, 5.74) is 0.968. The van der Waals surface area contributed by atoms with E-state index in [1.165, 1.54) is 16.3 Å². The summed E-state index contributed by atoms with van der Waals surface area (Å²) < 4.78 is 7.10. The van der Waals surface area contributed by atoms with Crippen molar-refractivity contribution in [1.82, 2.24) is 9.78 Å². The lowest BCUT2D eigenvalue weighted by molar-refractivity contribution is -0.384. The summed E-state index contributed by atoms with van der Waals surface area (Å²) in [4.78, 5) is 22.6. The van der Waals surface area contributed by atoms with Crippen LogP contribution >= 0.6 is 0 Å². The van der Waals surface area contributed by atoms with Crippen molar-refractivity contribution >= 4 is 17.3 Å². The second-order valence-electron chi connectivity index (χ2n) is 6.65. The Kier molecular flexibility index (Phi) is 5.77. The topological polar surface area (TPSA) is 120 Å². The van der Waals surface area contributed by atoms with Crippen molar-refractivity contribution in [2.24, 2.45) is 0 Å². The van der Waals surface area contributed by atoms with Gasteiger partial charge in [0.25, 0.3) is 11.6 Å². The Balaban J connectivity index is 1.63. The van der Waals surface area contributed by atoms with Gasteiger partial charge >= 0.3 is 0 Å². The van der Waals surface area contributed by atoms with E-state index in [0.29, 0.717) is 11.7 Å². The molecular formula is C20H20N4O5. The van der Waals surface area contributed by atoms with Crippen LogP contribution in [-0.4, -0.2) is 25.7 Å². The molecule has 0 fully saturated rings. The molecule has 0 saturated heterocycles. The predicted octanol–water partition coefficient (Wildman–Crippen LogP) is 3.91. The second-order valence-corrected chi connectivity index (χ2v) is 6.65. The number of benzene rings is 2. The highest BCUT2D eigenvalue weighted by atomic mass is 16.6. The van der Waals surface area contributed by atoms with Crippen molar-refractivity contribution in [3.05, 3.63) is 76.1 Å². The van der Waals surface area contributed by atoms with E-state index in [4.69, 9.17) is 4.74 Å². The van der Waals surface area contributed by atoms with Crippen LogP contribution in [-0.2, 0) is 6.73 Å². The Labute approximate surface area is 166 Å². The molecule has 0 aliphatic rings. The first-order valence-electron chi connectivity index (χ1n) is 8.88. The average Bonchev–Trinajstić information content (AvgIpc) is 3.17. The Bertz CT molecular complexity index is 1030. The van der Waals surface area contributed by atoms with E-state index in [9.17, 15) is 20.0 Å². The molecule has 29 heavy (non-hydrogen) atoms. The fourth-order valence-electron chi connectivity index (χ4n) is 2.57. The summed E-state index contributed by atoms with van der Waals surface area (Å²) >= 11 is 0. The number of rotatable bonds is 7. The van der Waals surface area contributed by atoms with Crippen molar-refractivity contribution in [2.45, 2.75) is 26.5 Å². The minimum Gasteiger partial charge on any atom is -0.506 e. The maximum atomic E-state index is 12.3. The van der Waals surface area contributed by atoms with Gasteiger partial charge in [0.2, 0.25) is 0 Å². The van der Waals surface area contributed by atoms with Gasteiger partial charge in [-0.25, -0.2) is 4.68 Å². The van der Waals surface area contributed by atoms with Gasteiger partial charge in [0.1, 0.15) is 11.5 Å². The Morgan fingerprint density at radius 3 is 2.62 bits per heavy atom. The normalized spacial score (nSPS) is 10.7. The van der Waals surface area contributed by atoms with E-state index in [1.54, 1.807) is 6.20 Å². The van der Waals surface area contributed by atoms with Crippen LogP contribution < -0.4 is 10.1 Å².